The molecular formula is C14H13N3O3S2. The van der Waals surface area contributed by atoms with E-state index >= 15 is 0 Å². The molecule has 0 unspecified atom stereocenters. The number of H-pyrrole nitrogens is 2. The first kappa shape index (κ1) is 13.8. The van der Waals surface area contributed by atoms with Gasteiger partial charge in [-0.3, -0.25) is 14.6 Å². The van der Waals surface area contributed by atoms with E-state index in [0.29, 0.717) is 11.3 Å². The van der Waals surface area contributed by atoms with Crippen LogP contribution < -0.4 is 11.2 Å². The van der Waals surface area contributed by atoms with Gasteiger partial charge in [-0.25, -0.2) is 4.79 Å². The zero-order valence-electron chi connectivity index (χ0n) is 11.6. The third kappa shape index (κ3) is 2.22. The largest absolute Gasteiger partial charge is 0.328 e. The molecule has 0 saturated carbocycles. The third-order valence-corrected chi connectivity index (χ3v) is 6.19. The van der Waals surface area contributed by atoms with Gasteiger partial charge in [-0.15, -0.1) is 11.3 Å². The Balaban J connectivity index is 1.63. The van der Waals surface area contributed by atoms with Gasteiger partial charge in [0.05, 0.1) is 23.5 Å². The van der Waals surface area contributed by atoms with Crippen LogP contribution in [0.25, 0.3) is 0 Å². The standard InChI is InChI=1S/C14H13N3O3S2/c18-12-8-4-17(5-9(8)15-14(20)16-12)13(19)11-3-7-6-21-2-1-10(7)22-11/h3H,1-2,4-6H2,(H2,15,16,18,20). The van der Waals surface area contributed by atoms with Crippen LogP contribution in [0, 0.1) is 0 Å². The Labute approximate surface area is 133 Å². The van der Waals surface area contributed by atoms with Crippen molar-refractivity contribution >= 4 is 29.0 Å². The molecule has 4 heterocycles. The molecule has 114 valence electrons. The van der Waals surface area contributed by atoms with Crippen molar-refractivity contribution < 1.29 is 4.79 Å². The fourth-order valence-electron chi connectivity index (χ4n) is 2.85. The molecule has 2 N–H and O–H groups in total. The van der Waals surface area contributed by atoms with E-state index in [-0.39, 0.29) is 19.0 Å². The molecular weight excluding hydrogens is 322 g/mol. The van der Waals surface area contributed by atoms with E-state index in [1.165, 1.54) is 10.4 Å². The number of carbonyl (C=O) groups excluding carboxylic acids is 1. The Morgan fingerprint density at radius 3 is 2.91 bits per heavy atom. The van der Waals surface area contributed by atoms with Gasteiger partial charge in [-0.2, -0.15) is 11.8 Å². The third-order valence-electron chi connectivity index (χ3n) is 3.95. The van der Waals surface area contributed by atoms with Gasteiger partial charge in [0.2, 0.25) is 0 Å². The van der Waals surface area contributed by atoms with Crippen molar-refractivity contribution in [1.29, 1.82) is 0 Å². The lowest BCUT2D eigenvalue weighted by Gasteiger charge is -2.13. The first-order valence-electron chi connectivity index (χ1n) is 6.95. The maximum atomic E-state index is 12.7. The average Bonchev–Trinajstić information content (AvgIpc) is 3.09. The molecule has 0 aromatic carbocycles. The quantitative estimate of drug-likeness (QED) is 0.816. The molecule has 0 aliphatic carbocycles. The van der Waals surface area contributed by atoms with Crippen LogP contribution in [0.3, 0.4) is 0 Å². The summed E-state index contributed by atoms with van der Waals surface area (Å²) in [5.74, 6) is 2.00. The minimum absolute atomic E-state index is 0.0687. The van der Waals surface area contributed by atoms with Crippen LogP contribution in [-0.2, 0) is 25.3 Å². The molecule has 0 bridgehead atoms. The van der Waals surface area contributed by atoms with Gasteiger partial charge in [0, 0.05) is 16.3 Å². The molecule has 4 rings (SSSR count). The Morgan fingerprint density at radius 2 is 2.09 bits per heavy atom. The van der Waals surface area contributed by atoms with E-state index in [1.54, 1.807) is 16.2 Å². The molecule has 22 heavy (non-hydrogen) atoms. The molecule has 2 aliphatic rings. The Hall–Kier alpha value is -1.80. The highest BCUT2D eigenvalue weighted by molar-refractivity contribution is 7.98. The number of nitrogens with zero attached hydrogens (tertiary/aromatic N) is 1. The number of amides is 1. The monoisotopic (exact) mass is 335 g/mol. The Bertz CT molecular complexity index is 857. The summed E-state index contributed by atoms with van der Waals surface area (Å²) in [7, 11) is 0. The maximum Gasteiger partial charge on any atom is 0.325 e. The SMILES string of the molecule is O=C(c1cc2c(s1)CCSC2)N1Cc2[nH]c(=O)[nH]c(=O)c2C1. The van der Waals surface area contributed by atoms with E-state index in [4.69, 9.17) is 0 Å². The summed E-state index contributed by atoms with van der Waals surface area (Å²) >= 11 is 3.44. The van der Waals surface area contributed by atoms with Crippen molar-refractivity contribution in [3.8, 4) is 0 Å². The maximum absolute atomic E-state index is 12.7. The summed E-state index contributed by atoms with van der Waals surface area (Å²) in [6, 6.07) is 1.98. The zero-order valence-corrected chi connectivity index (χ0v) is 13.2. The van der Waals surface area contributed by atoms with Crippen molar-refractivity contribution in [3.05, 3.63) is 53.5 Å². The van der Waals surface area contributed by atoms with E-state index in [1.807, 2.05) is 17.8 Å². The molecule has 2 aromatic rings. The van der Waals surface area contributed by atoms with E-state index in [0.717, 1.165) is 22.8 Å². The minimum Gasteiger partial charge on any atom is -0.328 e. The van der Waals surface area contributed by atoms with Crippen LogP contribution in [0.5, 0.6) is 0 Å². The number of fused-ring (bicyclic) bond motifs is 2. The highest BCUT2D eigenvalue weighted by atomic mass is 32.2. The van der Waals surface area contributed by atoms with Crippen LogP contribution >= 0.6 is 23.1 Å². The van der Waals surface area contributed by atoms with Gasteiger partial charge in [-0.05, 0) is 23.8 Å². The molecule has 0 atom stereocenters. The summed E-state index contributed by atoms with van der Waals surface area (Å²) in [6.45, 7) is 0.530. The van der Waals surface area contributed by atoms with Crippen LogP contribution in [0.15, 0.2) is 15.7 Å². The molecule has 0 radical (unpaired) electrons. The number of hydrogen-bond acceptors (Lipinski definition) is 5. The summed E-state index contributed by atoms with van der Waals surface area (Å²) in [5.41, 5.74) is 1.34. The lowest BCUT2D eigenvalue weighted by Crippen LogP contribution is -2.26. The number of rotatable bonds is 1. The normalized spacial score (nSPS) is 16.5. The van der Waals surface area contributed by atoms with Crippen molar-refractivity contribution in [1.82, 2.24) is 14.9 Å². The Kier molecular flexibility index (Phi) is 3.23. The summed E-state index contributed by atoms with van der Waals surface area (Å²) in [4.78, 5) is 44.2. The van der Waals surface area contributed by atoms with Gasteiger partial charge in [-0.1, -0.05) is 0 Å². The van der Waals surface area contributed by atoms with Gasteiger partial charge in [0.1, 0.15) is 0 Å². The first-order chi connectivity index (χ1) is 10.6. The highest BCUT2D eigenvalue weighted by Crippen LogP contribution is 2.33. The van der Waals surface area contributed by atoms with Gasteiger partial charge < -0.3 is 9.88 Å². The number of thiophene rings is 1. The van der Waals surface area contributed by atoms with Crippen molar-refractivity contribution in [3.63, 3.8) is 0 Å². The second kappa shape index (κ2) is 5.13. The minimum atomic E-state index is -0.526. The van der Waals surface area contributed by atoms with Crippen LogP contribution in [0.1, 0.15) is 31.4 Å². The van der Waals surface area contributed by atoms with E-state index in [2.05, 4.69) is 9.97 Å². The van der Waals surface area contributed by atoms with Crippen molar-refractivity contribution in [2.45, 2.75) is 25.3 Å². The predicted octanol–water partition coefficient (Wildman–Crippen LogP) is 1.07. The number of thioether (sulfide) groups is 1. The fourth-order valence-corrected chi connectivity index (χ4v) is 5.19. The number of aryl methyl sites for hydroxylation is 1. The number of aromatic nitrogens is 2. The summed E-state index contributed by atoms with van der Waals surface area (Å²) in [5, 5.41) is 0. The van der Waals surface area contributed by atoms with Crippen molar-refractivity contribution in [2.24, 2.45) is 0 Å². The smallest absolute Gasteiger partial charge is 0.325 e. The van der Waals surface area contributed by atoms with Gasteiger partial charge >= 0.3 is 5.69 Å². The van der Waals surface area contributed by atoms with Gasteiger partial charge in [0.15, 0.2) is 0 Å². The zero-order chi connectivity index (χ0) is 15.3. The van der Waals surface area contributed by atoms with E-state index in [9.17, 15) is 14.4 Å². The highest BCUT2D eigenvalue weighted by Gasteiger charge is 2.29. The number of carbonyl (C=O) groups is 1. The number of aromatic amines is 2. The van der Waals surface area contributed by atoms with E-state index < -0.39 is 11.2 Å². The summed E-state index contributed by atoms with van der Waals surface area (Å²) < 4.78 is 0. The Morgan fingerprint density at radius 1 is 1.23 bits per heavy atom. The molecule has 8 heteroatoms. The number of nitrogens with one attached hydrogen (secondary N) is 2. The molecule has 0 fully saturated rings. The molecule has 0 saturated heterocycles. The second-order valence-electron chi connectivity index (χ2n) is 5.39. The molecule has 2 aliphatic heterocycles. The van der Waals surface area contributed by atoms with Crippen LogP contribution in [0.4, 0.5) is 0 Å². The molecule has 2 aromatic heterocycles. The number of hydrogen-bond donors (Lipinski definition) is 2. The van der Waals surface area contributed by atoms with Gasteiger partial charge in [0.25, 0.3) is 11.5 Å². The van der Waals surface area contributed by atoms with Crippen LogP contribution in [0.2, 0.25) is 0 Å². The first-order valence-corrected chi connectivity index (χ1v) is 8.92. The predicted molar refractivity (Wildman–Crippen MR) is 85.4 cm³/mol. The molecule has 6 nitrogen and oxygen atoms in total. The molecule has 1 amide bonds. The van der Waals surface area contributed by atoms with Crippen LogP contribution in [-0.4, -0.2) is 26.5 Å². The fraction of sp³-hybridized carbons (Fsp3) is 0.357. The molecule has 0 spiro atoms. The lowest BCUT2D eigenvalue weighted by molar-refractivity contribution is 0.0755. The lowest BCUT2D eigenvalue weighted by atomic mass is 10.2. The topological polar surface area (TPSA) is 86.0 Å². The summed E-state index contributed by atoms with van der Waals surface area (Å²) in [6.07, 6.45) is 1.02. The average molecular weight is 335 g/mol. The second-order valence-corrected chi connectivity index (χ2v) is 7.63. The van der Waals surface area contributed by atoms with Crippen molar-refractivity contribution in [2.75, 3.05) is 5.75 Å².